The molecule has 0 aromatic carbocycles. The minimum atomic E-state index is 0.116. The molecule has 3 saturated heterocycles. The summed E-state index contributed by atoms with van der Waals surface area (Å²) in [6.07, 6.45) is 6.97. The van der Waals surface area contributed by atoms with Crippen LogP contribution in [0.3, 0.4) is 0 Å². The van der Waals surface area contributed by atoms with E-state index in [1.807, 2.05) is 0 Å². The molecule has 0 aromatic heterocycles. The Bertz CT molecular complexity index is 267. The zero-order valence-electron chi connectivity index (χ0n) is 11.9. The van der Waals surface area contributed by atoms with Crippen LogP contribution in [0.2, 0.25) is 0 Å². The standard InChI is InChI=1S/C15H27NO3/c1(13-2-7-18-12-13)6-16-14-3-8-19-15(11-14)4-9-17-10-5-15/h13-14,16H,1-12H2. The smallest absolute Gasteiger partial charge is 0.0741 e. The van der Waals surface area contributed by atoms with Crippen molar-refractivity contribution in [3.05, 3.63) is 0 Å². The number of rotatable bonds is 4. The first kappa shape index (κ1) is 13.8. The van der Waals surface area contributed by atoms with E-state index in [1.165, 1.54) is 12.8 Å². The molecule has 4 heteroatoms. The van der Waals surface area contributed by atoms with Crippen molar-refractivity contribution in [2.75, 3.05) is 39.6 Å². The third kappa shape index (κ3) is 3.69. The second-order valence-corrected chi connectivity index (χ2v) is 6.31. The van der Waals surface area contributed by atoms with Crippen LogP contribution in [-0.2, 0) is 14.2 Å². The molecule has 0 aromatic rings. The van der Waals surface area contributed by atoms with E-state index in [0.717, 1.165) is 71.2 Å². The Labute approximate surface area is 116 Å². The van der Waals surface area contributed by atoms with Gasteiger partial charge in [0.2, 0.25) is 0 Å². The van der Waals surface area contributed by atoms with Crippen molar-refractivity contribution in [2.45, 2.75) is 50.2 Å². The van der Waals surface area contributed by atoms with E-state index in [2.05, 4.69) is 5.32 Å². The lowest BCUT2D eigenvalue weighted by Crippen LogP contribution is -2.50. The highest BCUT2D eigenvalue weighted by Crippen LogP contribution is 2.34. The normalized spacial score (nSPS) is 34.7. The van der Waals surface area contributed by atoms with E-state index in [4.69, 9.17) is 14.2 Å². The van der Waals surface area contributed by atoms with Crippen LogP contribution in [0.1, 0.15) is 38.5 Å². The number of hydrogen-bond acceptors (Lipinski definition) is 4. The van der Waals surface area contributed by atoms with Crippen molar-refractivity contribution in [1.29, 1.82) is 0 Å². The lowest BCUT2D eigenvalue weighted by atomic mass is 9.84. The van der Waals surface area contributed by atoms with Crippen LogP contribution in [0.15, 0.2) is 0 Å². The molecule has 110 valence electrons. The van der Waals surface area contributed by atoms with Gasteiger partial charge in [0.15, 0.2) is 0 Å². The Morgan fingerprint density at radius 1 is 1.00 bits per heavy atom. The summed E-state index contributed by atoms with van der Waals surface area (Å²) in [5.74, 6) is 0.782. The molecular formula is C15H27NO3. The average molecular weight is 269 g/mol. The molecule has 3 aliphatic heterocycles. The van der Waals surface area contributed by atoms with Gasteiger partial charge in [0.05, 0.1) is 5.60 Å². The van der Waals surface area contributed by atoms with Crippen LogP contribution in [0, 0.1) is 5.92 Å². The van der Waals surface area contributed by atoms with Gasteiger partial charge in [0, 0.05) is 39.1 Å². The van der Waals surface area contributed by atoms with Crippen molar-refractivity contribution in [3.8, 4) is 0 Å². The minimum absolute atomic E-state index is 0.116. The Hall–Kier alpha value is -0.160. The molecule has 3 aliphatic rings. The van der Waals surface area contributed by atoms with Gasteiger partial charge in [-0.2, -0.15) is 0 Å². The minimum Gasteiger partial charge on any atom is -0.381 e. The maximum atomic E-state index is 6.08. The fraction of sp³-hybridized carbons (Fsp3) is 1.00. The summed E-state index contributed by atoms with van der Waals surface area (Å²) >= 11 is 0. The van der Waals surface area contributed by atoms with E-state index < -0.39 is 0 Å². The van der Waals surface area contributed by atoms with E-state index in [1.54, 1.807) is 0 Å². The van der Waals surface area contributed by atoms with Gasteiger partial charge in [-0.05, 0) is 51.0 Å². The van der Waals surface area contributed by atoms with Crippen LogP contribution < -0.4 is 5.32 Å². The lowest BCUT2D eigenvalue weighted by Gasteiger charge is -2.43. The molecule has 3 rings (SSSR count). The summed E-state index contributed by atoms with van der Waals surface area (Å²) in [5.41, 5.74) is 0.116. The van der Waals surface area contributed by atoms with Crippen molar-refractivity contribution >= 4 is 0 Å². The second kappa shape index (κ2) is 6.53. The molecule has 19 heavy (non-hydrogen) atoms. The monoisotopic (exact) mass is 269 g/mol. The maximum Gasteiger partial charge on any atom is 0.0741 e. The van der Waals surface area contributed by atoms with Crippen molar-refractivity contribution in [3.63, 3.8) is 0 Å². The Kier molecular flexibility index (Phi) is 4.74. The molecule has 0 radical (unpaired) electrons. The molecular weight excluding hydrogens is 242 g/mol. The molecule has 2 atom stereocenters. The molecule has 3 fully saturated rings. The molecule has 1 N–H and O–H groups in total. The first-order valence-corrected chi connectivity index (χ1v) is 7.89. The molecule has 3 heterocycles. The second-order valence-electron chi connectivity index (χ2n) is 6.31. The number of hydrogen-bond donors (Lipinski definition) is 1. The van der Waals surface area contributed by atoms with Gasteiger partial charge < -0.3 is 19.5 Å². The summed E-state index contributed by atoms with van der Waals surface area (Å²) in [7, 11) is 0. The first-order valence-electron chi connectivity index (χ1n) is 7.89. The fourth-order valence-electron chi connectivity index (χ4n) is 3.60. The zero-order chi connectivity index (χ0) is 13.0. The van der Waals surface area contributed by atoms with Gasteiger partial charge >= 0.3 is 0 Å². The van der Waals surface area contributed by atoms with Crippen molar-refractivity contribution in [1.82, 2.24) is 5.32 Å². The molecule has 4 nitrogen and oxygen atoms in total. The van der Waals surface area contributed by atoms with E-state index in [-0.39, 0.29) is 5.60 Å². The topological polar surface area (TPSA) is 39.7 Å². The van der Waals surface area contributed by atoms with E-state index in [0.29, 0.717) is 6.04 Å². The predicted molar refractivity (Wildman–Crippen MR) is 73.3 cm³/mol. The molecule has 2 unspecified atom stereocenters. The Morgan fingerprint density at radius 3 is 2.68 bits per heavy atom. The van der Waals surface area contributed by atoms with Crippen LogP contribution >= 0.6 is 0 Å². The lowest BCUT2D eigenvalue weighted by molar-refractivity contribution is -0.140. The highest BCUT2D eigenvalue weighted by Gasteiger charge is 2.38. The highest BCUT2D eigenvalue weighted by atomic mass is 16.5. The van der Waals surface area contributed by atoms with Crippen LogP contribution in [0.5, 0.6) is 0 Å². The summed E-state index contributed by atoms with van der Waals surface area (Å²) in [4.78, 5) is 0. The number of nitrogens with one attached hydrogen (secondary N) is 1. The quantitative estimate of drug-likeness (QED) is 0.844. The van der Waals surface area contributed by atoms with Crippen LogP contribution in [0.25, 0.3) is 0 Å². The van der Waals surface area contributed by atoms with E-state index in [9.17, 15) is 0 Å². The Balaban J connectivity index is 1.40. The Morgan fingerprint density at radius 2 is 1.89 bits per heavy atom. The molecule has 1 spiro atoms. The van der Waals surface area contributed by atoms with Crippen molar-refractivity contribution in [2.24, 2.45) is 5.92 Å². The van der Waals surface area contributed by atoms with Gasteiger partial charge in [-0.3, -0.25) is 0 Å². The molecule has 0 aliphatic carbocycles. The highest BCUT2D eigenvalue weighted by molar-refractivity contribution is 4.91. The largest absolute Gasteiger partial charge is 0.381 e. The van der Waals surface area contributed by atoms with Crippen LogP contribution in [0.4, 0.5) is 0 Å². The summed E-state index contributed by atoms with van der Waals surface area (Å²) < 4.78 is 17.0. The summed E-state index contributed by atoms with van der Waals surface area (Å²) in [6, 6.07) is 0.633. The zero-order valence-corrected chi connectivity index (χ0v) is 11.9. The number of ether oxygens (including phenoxy) is 3. The maximum absolute atomic E-state index is 6.08. The van der Waals surface area contributed by atoms with Gasteiger partial charge in [-0.15, -0.1) is 0 Å². The van der Waals surface area contributed by atoms with Gasteiger partial charge in [0.25, 0.3) is 0 Å². The SMILES string of the molecule is C(CC1CCOC1)NC1CCOC2(CCOCC2)C1. The summed E-state index contributed by atoms with van der Waals surface area (Å²) in [6.45, 7) is 5.70. The summed E-state index contributed by atoms with van der Waals surface area (Å²) in [5, 5.41) is 3.74. The predicted octanol–water partition coefficient (Wildman–Crippen LogP) is 1.73. The van der Waals surface area contributed by atoms with E-state index >= 15 is 0 Å². The van der Waals surface area contributed by atoms with Gasteiger partial charge in [-0.25, -0.2) is 0 Å². The van der Waals surface area contributed by atoms with Crippen LogP contribution in [-0.4, -0.2) is 51.2 Å². The van der Waals surface area contributed by atoms with Gasteiger partial charge in [0.1, 0.15) is 0 Å². The fourth-order valence-corrected chi connectivity index (χ4v) is 3.60. The average Bonchev–Trinajstić information content (AvgIpc) is 2.93. The molecule has 0 bridgehead atoms. The van der Waals surface area contributed by atoms with Crippen molar-refractivity contribution < 1.29 is 14.2 Å². The molecule has 0 saturated carbocycles. The first-order chi connectivity index (χ1) is 9.36. The third-order valence-corrected chi connectivity index (χ3v) is 4.91. The molecule has 0 amide bonds. The van der Waals surface area contributed by atoms with Gasteiger partial charge in [-0.1, -0.05) is 0 Å². The third-order valence-electron chi connectivity index (χ3n) is 4.91.